The molecule has 0 aromatic heterocycles. The Balaban J connectivity index is 2.79. The largest absolute Gasteiger partial charge is 0.371 e. The van der Waals surface area contributed by atoms with Gasteiger partial charge in [-0.25, -0.2) is 0 Å². The molecule has 0 amide bonds. The average molecular weight is 209 g/mol. The molecule has 0 saturated heterocycles. The molecule has 1 unspecified atom stereocenters. The van der Waals surface area contributed by atoms with Crippen LogP contribution in [-0.2, 0) is 0 Å². The van der Waals surface area contributed by atoms with Crippen LogP contribution >= 0.6 is 11.6 Å². The summed E-state index contributed by atoms with van der Waals surface area (Å²) in [4.78, 5) is 2.05. The second-order valence-electron chi connectivity index (χ2n) is 3.30. The van der Waals surface area contributed by atoms with Crippen molar-refractivity contribution in [3.63, 3.8) is 0 Å². The van der Waals surface area contributed by atoms with Crippen LogP contribution in [-0.4, -0.2) is 13.1 Å². The Morgan fingerprint density at radius 1 is 1.57 bits per heavy atom. The number of hydrogen-bond donors (Lipinski definition) is 0. The molecule has 1 aromatic carbocycles. The van der Waals surface area contributed by atoms with E-state index in [-0.39, 0.29) is 6.04 Å². The minimum absolute atomic E-state index is 0.207. The second-order valence-corrected chi connectivity index (χ2v) is 3.74. The van der Waals surface area contributed by atoms with E-state index in [2.05, 4.69) is 11.0 Å². The Hall–Kier alpha value is -1.20. The lowest BCUT2D eigenvalue weighted by Gasteiger charge is -2.25. The van der Waals surface area contributed by atoms with Gasteiger partial charge in [0.1, 0.15) is 0 Å². The Morgan fingerprint density at radius 2 is 2.29 bits per heavy atom. The summed E-state index contributed by atoms with van der Waals surface area (Å²) in [7, 11) is 1.97. The topological polar surface area (TPSA) is 27.0 Å². The third-order valence-corrected chi connectivity index (χ3v) is 2.50. The molecular formula is C11H13ClN2. The van der Waals surface area contributed by atoms with Gasteiger partial charge in [0.05, 0.1) is 12.5 Å². The summed E-state index contributed by atoms with van der Waals surface area (Å²) in [6, 6.07) is 10.0. The zero-order chi connectivity index (χ0) is 10.6. The number of nitrogens with zero attached hydrogens (tertiary/aromatic N) is 2. The van der Waals surface area contributed by atoms with Crippen LogP contribution in [0, 0.1) is 11.3 Å². The van der Waals surface area contributed by atoms with E-state index in [1.807, 2.05) is 38.2 Å². The molecule has 0 aliphatic heterocycles. The van der Waals surface area contributed by atoms with Crippen molar-refractivity contribution in [1.82, 2.24) is 0 Å². The van der Waals surface area contributed by atoms with Crippen molar-refractivity contribution in [2.24, 2.45) is 0 Å². The van der Waals surface area contributed by atoms with Crippen molar-refractivity contribution in [2.75, 3.05) is 11.9 Å². The Morgan fingerprint density at radius 3 is 2.86 bits per heavy atom. The van der Waals surface area contributed by atoms with Crippen molar-refractivity contribution in [2.45, 2.75) is 19.4 Å². The highest BCUT2D eigenvalue weighted by molar-refractivity contribution is 6.30. The molecule has 0 aliphatic rings. The standard InChI is InChI=1S/C11H13ClN2/c1-9(6-7-13)14(2)11-5-3-4-10(12)8-11/h3-5,8-9H,6H2,1-2H3. The molecular weight excluding hydrogens is 196 g/mol. The summed E-state index contributed by atoms with van der Waals surface area (Å²) in [5.74, 6) is 0. The molecule has 2 nitrogen and oxygen atoms in total. The van der Waals surface area contributed by atoms with E-state index < -0.39 is 0 Å². The summed E-state index contributed by atoms with van der Waals surface area (Å²) in [6.07, 6.45) is 0.517. The fourth-order valence-electron chi connectivity index (χ4n) is 1.22. The molecule has 14 heavy (non-hydrogen) atoms. The van der Waals surface area contributed by atoms with Crippen LogP contribution in [0.25, 0.3) is 0 Å². The SMILES string of the molecule is CC(CC#N)N(C)c1cccc(Cl)c1. The number of hydrogen-bond acceptors (Lipinski definition) is 2. The van der Waals surface area contributed by atoms with Gasteiger partial charge in [-0.15, -0.1) is 0 Å². The van der Waals surface area contributed by atoms with Crippen molar-refractivity contribution in [3.05, 3.63) is 29.3 Å². The van der Waals surface area contributed by atoms with Crippen molar-refractivity contribution in [1.29, 1.82) is 5.26 Å². The van der Waals surface area contributed by atoms with Gasteiger partial charge in [-0.3, -0.25) is 0 Å². The van der Waals surface area contributed by atoms with Gasteiger partial charge < -0.3 is 4.90 Å². The molecule has 1 aromatic rings. The van der Waals surface area contributed by atoms with Crippen LogP contribution in [0.3, 0.4) is 0 Å². The summed E-state index contributed by atoms with van der Waals surface area (Å²) in [6.45, 7) is 2.02. The van der Waals surface area contributed by atoms with Crippen molar-refractivity contribution >= 4 is 17.3 Å². The second kappa shape index (κ2) is 4.88. The third kappa shape index (κ3) is 2.65. The van der Waals surface area contributed by atoms with Crippen LogP contribution in [0.4, 0.5) is 5.69 Å². The summed E-state index contributed by atoms with van der Waals surface area (Å²) in [5.41, 5.74) is 1.04. The van der Waals surface area contributed by atoms with Gasteiger partial charge in [-0.05, 0) is 25.1 Å². The summed E-state index contributed by atoms with van der Waals surface area (Å²) < 4.78 is 0. The van der Waals surface area contributed by atoms with E-state index in [0.717, 1.165) is 10.7 Å². The van der Waals surface area contributed by atoms with Crippen LogP contribution in [0.1, 0.15) is 13.3 Å². The van der Waals surface area contributed by atoms with E-state index in [4.69, 9.17) is 16.9 Å². The van der Waals surface area contributed by atoms with E-state index in [9.17, 15) is 0 Å². The molecule has 0 aliphatic carbocycles. The average Bonchev–Trinajstić information content (AvgIpc) is 2.17. The van der Waals surface area contributed by atoms with Crippen LogP contribution in [0.5, 0.6) is 0 Å². The highest BCUT2D eigenvalue weighted by atomic mass is 35.5. The number of rotatable bonds is 3. The molecule has 0 radical (unpaired) electrons. The van der Waals surface area contributed by atoms with Crippen molar-refractivity contribution in [3.8, 4) is 6.07 Å². The third-order valence-electron chi connectivity index (χ3n) is 2.26. The van der Waals surface area contributed by atoms with E-state index >= 15 is 0 Å². The first-order valence-corrected chi connectivity index (χ1v) is 4.88. The minimum atomic E-state index is 0.207. The number of nitriles is 1. The minimum Gasteiger partial charge on any atom is -0.371 e. The summed E-state index contributed by atoms with van der Waals surface area (Å²) >= 11 is 5.88. The van der Waals surface area contributed by atoms with Gasteiger partial charge >= 0.3 is 0 Å². The molecule has 74 valence electrons. The molecule has 0 bridgehead atoms. The molecule has 0 N–H and O–H groups in total. The van der Waals surface area contributed by atoms with Gasteiger partial charge in [0, 0.05) is 23.8 Å². The Labute approximate surface area is 89.7 Å². The maximum absolute atomic E-state index is 8.58. The van der Waals surface area contributed by atoms with Gasteiger partial charge in [-0.1, -0.05) is 17.7 Å². The van der Waals surface area contributed by atoms with Gasteiger partial charge in [0.2, 0.25) is 0 Å². The molecule has 0 spiro atoms. The maximum atomic E-state index is 8.58. The predicted octanol–water partition coefficient (Wildman–Crippen LogP) is 3.08. The Bertz CT molecular complexity index is 343. The molecule has 0 saturated carbocycles. The molecule has 0 heterocycles. The number of benzene rings is 1. The zero-order valence-electron chi connectivity index (χ0n) is 8.37. The Kier molecular flexibility index (Phi) is 3.79. The monoisotopic (exact) mass is 208 g/mol. The van der Waals surface area contributed by atoms with Gasteiger partial charge in [-0.2, -0.15) is 5.26 Å². The van der Waals surface area contributed by atoms with Gasteiger partial charge in [0.25, 0.3) is 0 Å². The highest BCUT2D eigenvalue weighted by Gasteiger charge is 2.09. The van der Waals surface area contributed by atoms with E-state index in [0.29, 0.717) is 6.42 Å². The fourth-order valence-corrected chi connectivity index (χ4v) is 1.40. The zero-order valence-corrected chi connectivity index (χ0v) is 9.12. The highest BCUT2D eigenvalue weighted by Crippen LogP contribution is 2.20. The predicted molar refractivity (Wildman–Crippen MR) is 59.5 cm³/mol. The normalized spacial score (nSPS) is 11.9. The van der Waals surface area contributed by atoms with Crippen LogP contribution in [0.2, 0.25) is 5.02 Å². The fraction of sp³-hybridized carbons (Fsp3) is 0.364. The lowest BCUT2D eigenvalue weighted by atomic mass is 10.2. The molecule has 1 atom stereocenters. The first kappa shape index (κ1) is 10.9. The van der Waals surface area contributed by atoms with E-state index in [1.165, 1.54) is 0 Å². The van der Waals surface area contributed by atoms with Crippen molar-refractivity contribution < 1.29 is 0 Å². The molecule has 0 fully saturated rings. The van der Waals surface area contributed by atoms with Gasteiger partial charge in [0.15, 0.2) is 0 Å². The molecule has 3 heteroatoms. The number of halogens is 1. The quantitative estimate of drug-likeness (QED) is 0.764. The van der Waals surface area contributed by atoms with Crippen LogP contribution < -0.4 is 4.90 Å². The first-order valence-electron chi connectivity index (χ1n) is 4.50. The first-order chi connectivity index (χ1) is 6.65. The molecule has 1 rings (SSSR count). The lowest BCUT2D eigenvalue weighted by molar-refractivity contribution is 0.703. The number of anilines is 1. The lowest BCUT2D eigenvalue weighted by Crippen LogP contribution is -2.28. The summed E-state index contributed by atoms with van der Waals surface area (Å²) in [5, 5.41) is 9.31. The van der Waals surface area contributed by atoms with Crippen LogP contribution in [0.15, 0.2) is 24.3 Å². The smallest absolute Gasteiger partial charge is 0.0643 e. The maximum Gasteiger partial charge on any atom is 0.0643 e. The van der Waals surface area contributed by atoms with E-state index in [1.54, 1.807) is 0 Å².